The Hall–Kier alpha value is -2.68. The summed E-state index contributed by atoms with van der Waals surface area (Å²) in [5.74, 6) is 1.16. The van der Waals surface area contributed by atoms with E-state index in [-0.39, 0.29) is 0 Å². The molecule has 0 bridgehead atoms. The number of aromatic nitrogens is 2. The second-order valence-electron chi connectivity index (χ2n) is 4.97. The second kappa shape index (κ2) is 5.75. The fourth-order valence-corrected chi connectivity index (χ4v) is 2.18. The Morgan fingerprint density at radius 1 is 0.905 bits per heavy atom. The van der Waals surface area contributed by atoms with Crippen molar-refractivity contribution in [2.24, 2.45) is 0 Å². The van der Waals surface area contributed by atoms with Crippen molar-refractivity contribution in [3.8, 4) is 0 Å². The molecule has 0 amide bonds. The summed E-state index contributed by atoms with van der Waals surface area (Å²) in [4.78, 5) is 4.26. The standard InChI is InChI=1S/C18H16N2O/c1-13-8-10-16(11-9-13)17(15-6-4-3-5-7-15)12-18-19-14(2)20-21-18/h3-12H,1-2H3/b17-12-. The summed E-state index contributed by atoms with van der Waals surface area (Å²) in [6.45, 7) is 3.89. The van der Waals surface area contributed by atoms with Gasteiger partial charge in [0.25, 0.3) is 5.89 Å². The molecule has 0 aliphatic heterocycles. The highest BCUT2D eigenvalue weighted by Crippen LogP contribution is 2.25. The fraction of sp³-hybridized carbons (Fsp3) is 0.111. The molecule has 3 heteroatoms. The molecule has 2 aromatic carbocycles. The van der Waals surface area contributed by atoms with Crippen molar-refractivity contribution in [1.82, 2.24) is 10.1 Å². The Kier molecular flexibility index (Phi) is 3.65. The van der Waals surface area contributed by atoms with Crippen LogP contribution in [-0.2, 0) is 0 Å². The molecular formula is C18H16N2O. The number of hydrogen-bond acceptors (Lipinski definition) is 3. The van der Waals surface area contributed by atoms with Gasteiger partial charge in [-0.3, -0.25) is 0 Å². The van der Waals surface area contributed by atoms with Gasteiger partial charge in [-0.25, -0.2) is 0 Å². The van der Waals surface area contributed by atoms with Gasteiger partial charge in [0, 0.05) is 6.08 Å². The predicted octanol–water partition coefficient (Wildman–Crippen LogP) is 4.28. The van der Waals surface area contributed by atoms with Gasteiger partial charge in [-0.05, 0) is 30.5 Å². The van der Waals surface area contributed by atoms with Gasteiger partial charge in [0.2, 0.25) is 0 Å². The van der Waals surface area contributed by atoms with Crippen molar-refractivity contribution in [3.63, 3.8) is 0 Å². The lowest BCUT2D eigenvalue weighted by atomic mass is 9.97. The predicted molar refractivity (Wildman–Crippen MR) is 83.6 cm³/mol. The Balaban J connectivity index is 2.11. The molecular weight excluding hydrogens is 260 g/mol. The van der Waals surface area contributed by atoms with Crippen molar-refractivity contribution >= 4 is 11.6 Å². The molecule has 104 valence electrons. The van der Waals surface area contributed by atoms with Gasteiger partial charge in [-0.1, -0.05) is 65.3 Å². The average molecular weight is 276 g/mol. The molecule has 0 aliphatic rings. The maximum absolute atomic E-state index is 5.22. The minimum absolute atomic E-state index is 0.520. The monoisotopic (exact) mass is 276 g/mol. The van der Waals surface area contributed by atoms with E-state index in [0.717, 1.165) is 16.7 Å². The molecule has 0 spiro atoms. The van der Waals surface area contributed by atoms with E-state index in [1.807, 2.05) is 31.2 Å². The fourth-order valence-electron chi connectivity index (χ4n) is 2.18. The van der Waals surface area contributed by atoms with E-state index in [1.54, 1.807) is 0 Å². The second-order valence-corrected chi connectivity index (χ2v) is 4.97. The zero-order valence-electron chi connectivity index (χ0n) is 12.1. The number of rotatable bonds is 3. The third-order valence-electron chi connectivity index (χ3n) is 3.26. The Morgan fingerprint density at radius 2 is 1.57 bits per heavy atom. The van der Waals surface area contributed by atoms with Crippen LogP contribution in [0.25, 0.3) is 11.6 Å². The van der Waals surface area contributed by atoms with Crippen molar-refractivity contribution in [2.75, 3.05) is 0 Å². The number of nitrogens with zero attached hydrogens (tertiary/aromatic N) is 2. The molecule has 0 radical (unpaired) electrons. The maximum atomic E-state index is 5.22. The van der Waals surface area contributed by atoms with E-state index in [9.17, 15) is 0 Å². The highest BCUT2D eigenvalue weighted by molar-refractivity contribution is 5.90. The SMILES string of the molecule is Cc1ccc(/C(=C\c2nc(C)no2)c2ccccc2)cc1. The Morgan fingerprint density at radius 3 is 2.19 bits per heavy atom. The van der Waals surface area contributed by atoms with Crippen LogP contribution in [0.2, 0.25) is 0 Å². The average Bonchev–Trinajstić information content (AvgIpc) is 2.92. The van der Waals surface area contributed by atoms with Gasteiger partial charge in [0.15, 0.2) is 5.82 Å². The molecule has 3 aromatic rings. The largest absolute Gasteiger partial charge is 0.335 e. The zero-order chi connectivity index (χ0) is 14.7. The Labute approximate surface area is 124 Å². The van der Waals surface area contributed by atoms with Gasteiger partial charge in [-0.15, -0.1) is 0 Å². The van der Waals surface area contributed by atoms with Gasteiger partial charge >= 0.3 is 0 Å². The third-order valence-corrected chi connectivity index (χ3v) is 3.26. The Bertz CT molecular complexity index is 755. The van der Waals surface area contributed by atoms with Crippen LogP contribution < -0.4 is 0 Å². The summed E-state index contributed by atoms with van der Waals surface area (Å²) in [5, 5.41) is 3.84. The molecule has 1 heterocycles. The topological polar surface area (TPSA) is 38.9 Å². The van der Waals surface area contributed by atoms with Crippen molar-refractivity contribution in [2.45, 2.75) is 13.8 Å². The molecule has 3 nitrogen and oxygen atoms in total. The highest BCUT2D eigenvalue weighted by Gasteiger charge is 2.08. The van der Waals surface area contributed by atoms with Gasteiger partial charge in [0.05, 0.1) is 0 Å². The van der Waals surface area contributed by atoms with Crippen LogP contribution in [0.15, 0.2) is 59.1 Å². The normalized spacial score (nSPS) is 11.6. The van der Waals surface area contributed by atoms with Crippen LogP contribution in [0.4, 0.5) is 0 Å². The van der Waals surface area contributed by atoms with Crippen LogP contribution in [-0.4, -0.2) is 10.1 Å². The first-order valence-corrected chi connectivity index (χ1v) is 6.87. The van der Waals surface area contributed by atoms with Crippen LogP contribution in [0.1, 0.15) is 28.4 Å². The van der Waals surface area contributed by atoms with Crippen LogP contribution in [0, 0.1) is 13.8 Å². The first kappa shape index (κ1) is 13.3. The van der Waals surface area contributed by atoms with Gasteiger partial charge in [0.1, 0.15) is 0 Å². The van der Waals surface area contributed by atoms with E-state index < -0.39 is 0 Å². The summed E-state index contributed by atoms with van der Waals surface area (Å²) in [6, 6.07) is 18.6. The van der Waals surface area contributed by atoms with Crippen LogP contribution in [0.3, 0.4) is 0 Å². The number of benzene rings is 2. The first-order valence-electron chi connectivity index (χ1n) is 6.87. The molecule has 0 aliphatic carbocycles. The molecule has 0 fully saturated rings. The first-order chi connectivity index (χ1) is 10.2. The summed E-state index contributed by atoms with van der Waals surface area (Å²) in [5.41, 5.74) is 4.55. The lowest BCUT2D eigenvalue weighted by Gasteiger charge is -2.08. The summed E-state index contributed by atoms with van der Waals surface area (Å²) in [6.07, 6.45) is 1.93. The smallest absolute Gasteiger partial charge is 0.251 e. The minimum Gasteiger partial charge on any atom is -0.335 e. The van der Waals surface area contributed by atoms with E-state index in [4.69, 9.17) is 4.52 Å². The molecule has 0 atom stereocenters. The van der Waals surface area contributed by atoms with Crippen LogP contribution >= 0.6 is 0 Å². The molecule has 0 saturated heterocycles. The van der Waals surface area contributed by atoms with Crippen molar-refractivity contribution in [1.29, 1.82) is 0 Å². The molecule has 1 aromatic heterocycles. The third kappa shape index (κ3) is 3.08. The van der Waals surface area contributed by atoms with E-state index >= 15 is 0 Å². The number of aryl methyl sites for hydroxylation is 2. The summed E-state index contributed by atoms with van der Waals surface area (Å²) >= 11 is 0. The molecule has 0 unspecified atom stereocenters. The summed E-state index contributed by atoms with van der Waals surface area (Å²) in [7, 11) is 0. The zero-order valence-corrected chi connectivity index (χ0v) is 12.1. The minimum atomic E-state index is 0.520. The van der Waals surface area contributed by atoms with Gasteiger partial charge < -0.3 is 4.52 Å². The molecule has 3 rings (SSSR count). The number of hydrogen-bond donors (Lipinski definition) is 0. The maximum Gasteiger partial charge on any atom is 0.251 e. The van der Waals surface area contributed by atoms with Crippen molar-refractivity contribution in [3.05, 3.63) is 83.0 Å². The lowest BCUT2D eigenvalue weighted by molar-refractivity contribution is 0.405. The van der Waals surface area contributed by atoms with Crippen molar-refractivity contribution < 1.29 is 4.52 Å². The molecule has 0 N–H and O–H groups in total. The van der Waals surface area contributed by atoms with E-state index in [2.05, 4.69) is 53.5 Å². The quantitative estimate of drug-likeness (QED) is 0.717. The van der Waals surface area contributed by atoms with E-state index in [1.165, 1.54) is 5.56 Å². The summed E-state index contributed by atoms with van der Waals surface area (Å²) < 4.78 is 5.22. The molecule has 21 heavy (non-hydrogen) atoms. The highest BCUT2D eigenvalue weighted by atomic mass is 16.5. The molecule has 0 saturated carbocycles. The van der Waals surface area contributed by atoms with E-state index in [0.29, 0.717) is 11.7 Å². The lowest BCUT2D eigenvalue weighted by Crippen LogP contribution is -1.89. The van der Waals surface area contributed by atoms with Crippen LogP contribution in [0.5, 0.6) is 0 Å². The van der Waals surface area contributed by atoms with Gasteiger partial charge in [-0.2, -0.15) is 4.98 Å².